The fourth-order valence-electron chi connectivity index (χ4n) is 2.55. The summed E-state index contributed by atoms with van der Waals surface area (Å²) in [7, 11) is -4.67. The van der Waals surface area contributed by atoms with Crippen LogP contribution in [0, 0.1) is 6.92 Å². The van der Waals surface area contributed by atoms with E-state index in [-0.39, 0.29) is 51.4 Å². The summed E-state index contributed by atoms with van der Waals surface area (Å²) in [6, 6.07) is 0. The molecule has 0 aliphatic carbocycles. The van der Waals surface area contributed by atoms with Crippen LogP contribution in [0.2, 0.25) is 0 Å². The molecule has 6 heteroatoms. The van der Waals surface area contributed by atoms with Gasteiger partial charge in [0.05, 0.1) is 0 Å². The monoisotopic (exact) mass is 390 g/mol. The van der Waals surface area contributed by atoms with Crippen LogP contribution in [-0.4, -0.2) is 17.5 Å². The van der Waals surface area contributed by atoms with Gasteiger partial charge in [-0.1, -0.05) is 103 Å². The number of unbranched alkanes of at least 4 members (excludes halogenated alkanes) is 15. The molecule has 0 spiro atoms. The molecule has 0 aliphatic rings. The van der Waals surface area contributed by atoms with Crippen LogP contribution >= 0.6 is 0 Å². The van der Waals surface area contributed by atoms with E-state index >= 15 is 0 Å². The van der Waals surface area contributed by atoms with Gasteiger partial charge in [0.2, 0.25) is 0 Å². The van der Waals surface area contributed by atoms with Crippen molar-refractivity contribution in [3.05, 3.63) is 6.92 Å². The average molecular weight is 391 g/mol. The Morgan fingerprint density at radius 1 is 0.625 bits per heavy atom. The average Bonchev–Trinajstić information content (AvgIpc) is 2.46. The summed E-state index contributed by atoms with van der Waals surface area (Å²) >= 11 is 0. The predicted molar refractivity (Wildman–Crippen MR) is 99.1 cm³/mol. The molecule has 0 heterocycles. The van der Waals surface area contributed by atoms with E-state index < -0.39 is 10.4 Å². The second-order valence-corrected chi connectivity index (χ2v) is 7.15. The molecule has 0 amide bonds. The van der Waals surface area contributed by atoms with Crippen molar-refractivity contribution in [3.8, 4) is 0 Å². The van der Waals surface area contributed by atoms with E-state index in [0.29, 0.717) is 0 Å². The van der Waals surface area contributed by atoms with Gasteiger partial charge < -0.3 is 6.92 Å². The Morgan fingerprint density at radius 2 is 0.833 bits per heavy atom. The number of hydrogen-bond donors (Lipinski definition) is 2. The standard InChI is InChI=1S/C18H37.K.H2O4S/c1-3-5-7-9-11-13-15-17-18-16-14-12-10-8-6-4-2;;1-5(2,3)4/h1,3-18H2,2H3;;(H2,1,2,3,4)/q-1;+1;. The molecule has 0 bridgehead atoms. The Morgan fingerprint density at radius 3 is 1.04 bits per heavy atom. The molecule has 0 unspecified atom stereocenters. The van der Waals surface area contributed by atoms with E-state index in [2.05, 4.69) is 13.8 Å². The maximum atomic E-state index is 8.74. The molecule has 0 aliphatic heterocycles. The van der Waals surface area contributed by atoms with Crippen LogP contribution in [0.3, 0.4) is 0 Å². The SMILES string of the molecule is O=S(=O)(O)O.[CH2-]CCCCCCCCCCCCCCCCC.[K+]. The van der Waals surface area contributed by atoms with E-state index in [1.54, 1.807) is 0 Å². The molecule has 142 valence electrons. The second kappa shape index (κ2) is 24.5. The van der Waals surface area contributed by atoms with Crippen LogP contribution in [0.5, 0.6) is 0 Å². The molecule has 0 rings (SSSR count). The van der Waals surface area contributed by atoms with Gasteiger partial charge in [-0.05, 0) is 0 Å². The van der Waals surface area contributed by atoms with Gasteiger partial charge in [0, 0.05) is 0 Å². The Kier molecular flexibility index (Phi) is 30.9. The molecule has 0 fully saturated rings. The zero-order valence-corrected chi connectivity index (χ0v) is 20.1. The summed E-state index contributed by atoms with van der Waals surface area (Å²) < 4.78 is 31.6. The van der Waals surface area contributed by atoms with Crippen molar-refractivity contribution in [1.29, 1.82) is 0 Å². The molecule has 0 aromatic rings. The molecule has 4 nitrogen and oxygen atoms in total. The smallest absolute Gasteiger partial charge is 0.343 e. The molecular formula is C18H39KO4S. The first-order valence-electron chi connectivity index (χ1n) is 9.41. The largest absolute Gasteiger partial charge is 1.00 e. The summed E-state index contributed by atoms with van der Waals surface area (Å²) in [5.41, 5.74) is 0. The maximum absolute atomic E-state index is 8.74. The van der Waals surface area contributed by atoms with Crippen molar-refractivity contribution < 1.29 is 68.9 Å². The molecule has 24 heavy (non-hydrogen) atoms. The summed E-state index contributed by atoms with van der Waals surface area (Å²) in [6.45, 7) is 6.18. The van der Waals surface area contributed by atoms with Crippen LogP contribution in [0.1, 0.15) is 110 Å². The minimum atomic E-state index is -4.67. The predicted octanol–water partition coefficient (Wildman–Crippen LogP) is 3.43. The number of hydrogen-bond acceptors (Lipinski definition) is 2. The fraction of sp³-hybridized carbons (Fsp3) is 0.944. The van der Waals surface area contributed by atoms with E-state index in [4.69, 9.17) is 17.5 Å². The zero-order chi connectivity index (χ0) is 17.8. The van der Waals surface area contributed by atoms with Gasteiger partial charge in [-0.25, -0.2) is 0 Å². The van der Waals surface area contributed by atoms with Crippen molar-refractivity contribution in [1.82, 2.24) is 0 Å². The first kappa shape index (κ1) is 30.2. The molecule has 0 aromatic heterocycles. The second-order valence-electron chi connectivity index (χ2n) is 6.25. The topological polar surface area (TPSA) is 74.6 Å². The molecule has 0 saturated heterocycles. The third-order valence-corrected chi connectivity index (χ3v) is 3.85. The van der Waals surface area contributed by atoms with Crippen LogP contribution < -0.4 is 51.4 Å². The van der Waals surface area contributed by atoms with E-state index in [9.17, 15) is 0 Å². The quantitative estimate of drug-likeness (QED) is 0.194. The van der Waals surface area contributed by atoms with Gasteiger partial charge in [0.1, 0.15) is 0 Å². The van der Waals surface area contributed by atoms with Crippen LogP contribution in [-0.2, 0) is 10.4 Å². The van der Waals surface area contributed by atoms with Crippen LogP contribution in [0.15, 0.2) is 0 Å². The van der Waals surface area contributed by atoms with Crippen molar-refractivity contribution >= 4 is 10.4 Å². The minimum Gasteiger partial charge on any atom is -0.343 e. The maximum Gasteiger partial charge on any atom is 1.00 e. The van der Waals surface area contributed by atoms with Crippen LogP contribution in [0.4, 0.5) is 0 Å². The van der Waals surface area contributed by atoms with Gasteiger partial charge in [0.25, 0.3) is 0 Å². The van der Waals surface area contributed by atoms with Crippen molar-refractivity contribution in [2.75, 3.05) is 0 Å². The van der Waals surface area contributed by atoms with Crippen LogP contribution in [0.25, 0.3) is 0 Å². The van der Waals surface area contributed by atoms with Gasteiger partial charge >= 0.3 is 61.8 Å². The molecule has 0 radical (unpaired) electrons. The van der Waals surface area contributed by atoms with Gasteiger partial charge in [-0.2, -0.15) is 14.8 Å². The summed E-state index contributed by atoms with van der Waals surface area (Å²) in [6.07, 6.45) is 22.8. The first-order chi connectivity index (χ1) is 10.9. The van der Waals surface area contributed by atoms with Gasteiger partial charge in [-0.15, -0.1) is 0 Å². The first-order valence-corrected chi connectivity index (χ1v) is 10.8. The Labute approximate surface area is 194 Å². The zero-order valence-electron chi connectivity index (χ0n) is 16.1. The third kappa shape index (κ3) is 43.7. The van der Waals surface area contributed by atoms with E-state index in [1.807, 2.05) is 0 Å². The Balaban J connectivity index is -0.000000639. The minimum absolute atomic E-state index is 0. The Bertz CT molecular complexity index is 284. The molecule has 2 N–H and O–H groups in total. The summed E-state index contributed by atoms with van der Waals surface area (Å²) in [5, 5.41) is 0. The molecule has 0 atom stereocenters. The van der Waals surface area contributed by atoms with E-state index in [0.717, 1.165) is 6.42 Å². The molecule has 0 saturated carbocycles. The van der Waals surface area contributed by atoms with Gasteiger partial charge in [0.15, 0.2) is 0 Å². The third-order valence-electron chi connectivity index (χ3n) is 3.85. The fourth-order valence-corrected chi connectivity index (χ4v) is 2.55. The van der Waals surface area contributed by atoms with Crippen molar-refractivity contribution in [2.45, 2.75) is 110 Å². The summed E-state index contributed by atoms with van der Waals surface area (Å²) in [4.78, 5) is 0. The normalized spacial score (nSPS) is 10.7. The van der Waals surface area contributed by atoms with E-state index in [1.165, 1.54) is 96.3 Å². The molecular weight excluding hydrogens is 351 g/mol. The van der Waals surface area contributed by atoms with Gasteiger partial charge in [-0.3, -0.25) is 9.11 Å². The van der Waals surface area contributed by atoms with Crippen molar-refractivity contribution in [2.24, 2.45) is 0 Å². The number of rotatable bonds is 15. The summed E-state index contributed by atoms with van der Waals surface area (Å²) in [5.74, 6) is 0. The van der Waals surface area contributed by atoms with Crippen molar-refractivity contribution in [3.63, 3.8) is 0 Å². The Hall–Kier alpha value is 1.51. The molecule has 0 aromatic carbocycles.